The number of aliphatic imine (C=N–C) groups is 2. The van der Waals surface area contributed by atoms with E-state index in [-0.39, 0.29) is 91.3 Å². The number of halogens is 2. The van der Waals surface area contributed by atoms with Crippen molar-refractivity contribution in [2.45, 2.75) is 0 Å². The Kier molecular flexibility index (Phi) is 9.31. The zero-order chi connectivity index (χ0) is 7.52. The normalized spacial score (nSPS) is 16.9. The van der Waals surface area contributed by atoms with Crippen LogP contribution in [0.4, 0.5) is 0 Å². The molecule has 2 aliphatic rings. The largest absolute Gasteiger partial charge is 1.00 e. The molecule has 0 spiro atoms. The molecular weight excluding hydrogens is 506 g/mol. The van der Waals surface area contributed by atoms with Crippen LogP contribution in [0.2, 0.25) is 0 Å². The van der Waals surface area contributed by atoms with E-state index in [2.05, 4.69) is 18.0 Å². The van der Waals surface area contributed by atoms with Crippen molar-refractivity contribution in [2.24, 2.45) is 9.98 Å². The third kappa shape index (κ3) is 4.98. The molecule has 0 fully saturated rings. The van der Waals surface area contributed by atoms with Crippen LogP contribution in [0, 0.1) is 0 Å². The van der Waals surface area contributed by atoms with Gasteiger partial charge in [-0.25, -0.2) is 0 Å². The summed E-state index contributed by atoms with van der Waals surface area (Å²) in [6.07, 6.45) is 4.02. The van der Waals surface area contributed by atoms with Crippen LogP contribution in [0.1, 0.15) is 0 Å². The van der Waals surface area contributed by atoms with Crippen molar-refractivity contribution in [2.75, 3.05) is 0 Å². The van der Waals surface area contributed by atoms with E-state index in [1.807, 2.05) is 12.4 Å². The van der Waals surface area contributed by atoms with Gasteiger partial charge in [-0.15, -0.1) is 0 Å². The Hall–Kier alpha value is 1.92. The fourth-order valence-electron chi connectivity index (χ4n) is 0.779. The molecule has 0 saturated carbocycles. The van der Waals surface area contributed by atoms with Gasteiger partial charge in [-0.05, 0) is 0 Å². The van der Waals surface area contributed by atoms with Crippen LogP contribution in [-0.4, -0.2) is 46.0 Å². The van der Waals surface area contributed by atoms with Crippen LogP contribution >= 0.6 is 0 Å². The van der Waals surface area contributed by atoms with E-state index >= 15 is 0 Å². The standard InChI is InChI=1S/2C3H2N.2ClH.2Sb.Zr.2H/c2*1-3-4-2;;;;;;;/h2*1,3H;2*1H;;;;;/q;;;;;;+2;;/p-2. The second kappa shape index (κ2) is 8.12. The maximum atomic E-state index is 4.40. The molecule has 2 rings (SSSR count). The topological polar surface area (TPSA) is 24.7 Å². The molecule has 7 heteroatoms. The van der Waals surface area contributed by atoms with Gasteiger partial charge in [0.1, 0.15) is 0 Å². The first kappa shape index (κ1) is 14.9. The van der Waals surface area contributed by atoms with Crippen LogP contribution in [0.25, 0.3) is 0 Å². The quantitative estimate of drug-likeness (QED) is 0.330. The summed E-state index contributed by atoms with van der Waals surface area (Å²) >= 11 is -0.914. The first-order chi connectivity index (χ1) is 5.45. The molecule has 2 nitrogen and oxygen atoms in total. The summed E-state index contributed by atoms with van der Waals surface area (Å²) in [6.45, 7) is 0. The summed E-state index contributed by atoms with van der Waals surface area (Å²) in [4.78, 5) is 8.81. The fraction of sp³-hybridized carbons (Fsp3) is 0. The average Bonchev–Trinajstić information content (AvgIpc) is 2.60. The van der Waals surface area contributed by atoms with E-state index in [0.29, 0.717) is 0 Å². The Labute approximate surface area is 122 Å². The molecule has 0 N–H and O–H groups in total. The predicted octanol–water partition coefficient (Wildman–Crippen LogP) is -6.37. The molecule has 0 aromatic carbocycles. The smallest absolute Gasteiger partial charge is 1.00 e. The van der Waals surface area contributed by atoms with E-state index in [4.69, 9.17) is 0 Å². The van der Waals surface area contributed by atoms with Crippen molar-refractivity contribution in [1.82, 2.24) is 0 Å². The zero-order valence-corrected chi connectivity index (χ0v) is 16.1. The minimum absolute atomic E-state index is 0. The molecule has 0 bridgehead atoms. The van der Waals surface area contributed by atoms with Crippen LogP contribution in [0.5, 0.6) is 0 Å². The number of hydrogen-bond donors (Lipinski definition) is 0. The maximum Gasteiger partial charge on any atom is -1.00 e. The molecule has 0 amide bonds. The van der Waals surface area contributed by atoms with Crippen molar-refractivity contribution < 1.29 is 48.0 Å². The predicted molar refractivity (Wildman–Crippen MR) is 47.4 cm³/mol. The molecule has 2 aliphatic heterocycles. The van der Waals surface area contributed by atoms with Gasteiger partial charge in [-0.2, -0.15) is 0 Å². The molecule has 0 unspecified atom stereocenters. The monoisotopic (exact) mass is 508 g/mol. The number of rotatable bonds is 2. The van der Waals surface area contributed by atoms with Crippen LogP contribution in [0.15, 0.2) is 30.4 Å². The van der Waals surface area contributed by atoms with Crippen LogP contribution < -0.4 is 24.8 Å². The van der Waals surface area contributed by atoms with Gasteiger partial charge in [0, 0.05) is 0 Å². The van der Waals surface area contributed by atoms with Gasteiger partial charge in [0.25, 0.3) is 0 Å². The van der Waals surface area contributed by atoms with E-state index in [1.165, 1.54) is 0 Å². The molecular formula is C6H6Cl2N2Sb2Zr. The van der Waals surface area contributed by atoms with Gasteiger partial charge >= 0.3 is 99.6 Å². The summed E-state index contributed by atoms with van der Waals surface area (Å²) in [5.74, 6) is 0. The van der Waals surface area contributed by atoms with E-state index < -0.39 is 0 Å². The first-order valence-electron chi connectivity index (χ1n) is 3.21. The molecule has 68 valence electrons. The number of hydrogen-bond acceptors (Lipinski definition) is 2. The summed E-state index contributed by atoms with van der Waals surface area (Å²) in [5, 5.41) is 0. The second-order valence-electron chi connectivity index (χ2n) is 2.00. The molecule has 0 aliphatic carbocycles. The van der Waals surface area contributed by atoms with Gasteiger partial charge in [0.05, 0.1) is 0 Å². The molecule has 0 radical (unpaired) electrons. The summed E-state index contributed by atoms with van der Waals surface area (Å²) < 4.78 is 7.88. The van der Waals surface area contributed by atoms with Gasteiger partial charge in [-0.3, -0.25) is 0 Å². The zero-order valence-electron chi connectivity index (χ0n) is 6.46. The molecule has 0 aromatic heterocycles. The Bertz CT molecular complexity index is 260. The van der Waals surface area contributed by atoms with Crippen molar-refractivity contribution in [1.29, 1.82) is 0 Å². The van der Waals surface area contributed by atoms with E-state index in [0.717, 1.165) is 0 Å². The van der Waals surface area contributed by atoms with Gasteiger partial charge in [0.2, 0.25) is 0 Å². The fourth-order valence-corrected chi connectivity index (χ4v) is 20.2. The van der Waals surface area contributed by atoms with Crippen molar-refractivity contribution in [3.05, 3.63) is 20.4 Å². The van der Waals surface area contributed by atoms with Gasteiger partial charge < -0.3 is 24.8 Å². The van der Waals surface area contributed by atoms with E-state index in [1.54, 1.807) is 2.73 Å². The minimum Gasteiger partial charge on any atom is -1.00 e. The van der Waals surface area contributed by atoms with Crippen LogP contribution in [-0.2, 0) is 23.2 Å². The summed E-state index contributed by atoms with van der Waals surface area (Å²) in [5.41, 5.74) is 0. The summed E-state index contributed by atoms with van der Waals surface area (Å²) in [7, 11) is 0. The van der Waals surface area contributed by atoms with Crippen molar-refractivity contribution >= 4 is 46.0 Å². The van der Waals surface area contributed by atoms with E-state index in [9.17, 15) is 0 Å². The second-order valence-corrected chi connectivity index (χ2v) is 18.2. The molecule has 13 heavy (non-hydrogen) atoms. The molecule has 2 heterocycles. The third-order valence-electron chi connectivity index (χ3n) is 1.23. The van der Waals surface area contributed by atoms with Crippen molar-refractivity contribution in [3.63, 3.8) is 0 Å². The molecule has 0 atom stereocenters. The molecule has 0 aromatic rings. The Balaban J connectivity index is 0.000000720. The van der Waals surface area contributed by atoms with Gasteiger partial charge in [-0.1, -0.05) is 0 Å². The number of nitrogens with zero attached hydrogens (tertiary/aromatic N) is 2. The molecule has 0 saturated heterocycles. The Morgan fingerprint density at radius 1 is 0.923 bits per heavy atom. The average molecular weight is 512 g/mol. The third-order valence-corrected chi connectivity index (χ3v) is 16.1. The Morgan fingerprint density at radius 2 is 1.38 bits per heavy atom. The maximum absolute atomic E-state index is 4.40. The minimum atomic E-state index is -0.383. The SMILES string of the molecule is C1=[CH][SbH][C]([Zr+2][C]2=NC=[CH][SbH]2)=N1.[Cl-].[Cl-]. The summed E-state index contributed by atoms with van der Waals surface area (Å²) in [6, 6.07) is 0. The van der Waals surface area contributed by atoms with Crippen molar-refractivity contribution in [3.8, 4) is 0 Å². The van der Waals surface area contributed by atoms with Crippen LogP contribution in [0.3, 0.4) is 0 Å². The van der Waals surface area contributed by atoms with Gasteiger partial charge in [0.15, 0.2) is 0 Å². The first-order valence-corrected chi connectivity index (χ1v) is 11.8. The Morgan fingerprint density at radius 3 is 1.69 bits per heavy atom.